The van der Waals surface area contributed by atoms with E-state index in [0.717, 1.165) is 0 Å². The molecule has 0 saturated carbocycles. The zero-order chi connectivity index (χ0) is 12.4. The molecule has 0 aliphatic heterocycles. The average Bonchev–Trinajstić information content (AvgIpc) is 2.61. The molecule has 0 aromatic carbocycles. The third-order valence-corrected chi connectivity index (χ3v) is 3.21. The van der Waals surface area contributed by atoms with Gasteiger partial charge in [0.2, 0.25) is 0 Å². The van der Waals surface area contributed by atoms with Crippen molar-refractivity contribution in [3.05, 3.63) is 34.5 Å². The molecule has 2 heterocycles. The maximum Gasteiger partial charge on any atom is 0.343 e. The van der Waals surface area contributed by atoms with E-state index in [1.54, 1.807) is 25.5 Å². The fraction of sp³-hybridized carbons (Fsp3) is 0.111. The smallest absolute Gasteiger partial charge is 0.343 e. The number of rotatable bonds is 3. The Balaban J connectivity index is 2.40. The number of nitrogen functional groups attached to an aromatic ring is 1. The largest absolute Gasteiger partial charge is 0.384 e. The second kappa shape index (κ2) is 4.42. The lowest BCUT2D eigenvalue weighted by Crippen LogP contribution is -2.14. The van der Waals surface area contributed by atoms with Crippen LogP contribution in [0.4, 0.5) is 0 Å². The highest BCUT2D eigenvalue weighted by atomic mass is 32.2. The molecule has 2 aromatic heterocycles. The lowest BCUT2D eigenvalue weighted by Gasteiger charge is -2.05. The zero-order valence-electron chi connectivity index (χ0n) is 8.97. The number of hydrogen-bond donors (Lipinski definition) is 3. The Kier molecular flexibility index (Phi) is 2.96. The van der Waals surface area contributed by atoms with E-state index in [1.165, 1.54) is 16.3 Å². The van der Waals surface area contributed by atoms with E-state index in [1.807, 2.05) is 0 Å². The van der Waals surface area contributed by atoms with Gasteiger partial charge in [-0.05, 0) is 17.8 Å². The molecule has 0 unspecified atom stereocenters. The summed E-state index contributed by atoms with van der Waals surface area (Å²) in [6.07, 6.45) is 3.14. The first-order valence-electron chi connectivity index (χ1n) is 4.67. The van der Waals surface area contributed by atoms with Gasteiger partial charge in [-0.25, -0.2) is 9.89 Å². The molecule has 88 valence electrons. The van der Waals surface area contributed by atoms with E-state index in [4.69, 9.17) is 11.1 Å². The van der Waals surface area contributed by atoms with Crippen LogP contribution in [-0.2, 0) is 7.05 Å². The summed E-state index contributed by atoms with van der Waals surface area (Å²) in [6.45, 7) is 0. The third-order valence-electron chi connectivity index (χ3n) is 2.11. The number of aromatic nitrogens is 4. The first-order chi connectivity index (χ1) is 8.09. The van der Waals surface area contributed by atoms with Gasteiger partial charge in [-0.3, -0.25) is 15.0 Å². The Bertz CT molecular complexity index is 616. The van der Waals surface area contributed by atoms with Gasteiger partial charge in [0.05, 0.1) is 0 Å². The van der Waals surface area contributed by atoms with Crippen LogP contribution < -0.4 is 11.4 Å². The van der Waals surface area contributed by atoms with Gasteiger partial charge in [-0.2, -0.15) is 0 Å². The fourth-order valence-electron chi connectivity index (χ4n) is 1.21. The van der Waals surface area contributed by atoms with Crippen LogP contribution >= 0.6 is 11.8 Å². The van der Waals surface area contributed by atoms with Crippen LogP contribution in [0.2, 0.25) is 0 Å². The molecule has 0 fully saturated rings. The highest BCUT2D eigenvalue weighted by Gasteiger charge is 2.11. The van der Waals surface area contributed by atoms with Gasteiger partial charge < -0.3 is 5.73 Å². The number of hydrogen-bond acceptors (Lipinski definition) is 5. The lowest BCUT2D eigenvalue weighted by molar-refractivity contribution is 0.765. The zero-order valence-corrected chi connectivity index (χ0v) is 9.78. The molecule has 0 spiro atoms. The molecule has 2 rings (SSSR count). The molecule has 8 heteroatoms. The maximum absolute atomic E-state index is 11.2. The van der Waals surface area contributed by atoms with Crippen molar-refractivity contribution in [2.24, 2.45) is 12.8 Å². The van der Waals surface area contributed by atoms with Crippen molar-refractivity contribution in [2.75, 3.05) is 0 Å². The van der Waals surface area contributed by atoms with Gasteiger partial charge in [0.15, 0.2) is 5.16 Å². The van der Waals surface area contributed by atoms with Gasteiger partial charge in [-0.15, -0.1) is 5.10 Å². The molecule has 0 aliphatic carbocycles. The predicted octanol–water partition coefficient (Wildman–Crippen LogP) is -0.0613. The normalized spacial score (nSPS) is 10.4. The summed E-state index contributed by atoms with van der Waals surface area (Å²) in [5.74, 6) is -0.0459. The van der Waals surface area contributed by atoms with Gasteiger partial charge in [-0.1, -0.05) is 0 Å². The number of amidine groups is 1. The van der Waals surface area contributed by atoms with Crippen molar-refractivity contribution < 1.29 is 0 Å². The van der Waals surface area contributed by atoms with E-state index in [9.17, 15) is 4.79 Å². The molecule has 2 aromatic rings. The number of aromatic amines is 1. The van der Waals surface area contributed by atoms with Crippen LogP contribution in [0.3, 0.4) is 0 Å². The van der Waals surface area contributed by atoms with E-state index in [-0.39, 0.29) is 11.5 Å². The molecule has 0 bridgehead atoms. The monoisotopic (exact) mass is 250 g/mol. The Morgan fingerprint density at radius 2 is 2.41 bits per heavy atom. The van der Waals surface area contributed by atoms with Crippen molar-refractivity contribution in [3.63, 3.8) is 0 Å². The summed E-state index contributed by atoms with van der Waals surface area (Å²) in [5, 5.41) is 14.1. The highest BCUT2D eigenvalue weighted by molar-refractivity contribution is 7.99. The Morgan fingerprint density at radius 3 is 3.00 bits per heavy atom. The number of nitrogens with two attached hydrogens (primary N) is 1. The van der Waals surface area contributed by atoms with E-state index < -0.39 is 0 Å². The third kappa shape index (κ3) is 2.21. The minimum Gasteiger partial charge on any atom is -0.384 e. The Morgan fingerprint density at radius 1 is 1.65 bits per heavy atom. The van der Waals surface area contributed by atoms with Crippen molar-refractivity contribution in [3.8, 4) is 0 Å². The van der Waals surface area contributed by atoms with Gasteiger partial charge >= 0.3 is 5.69 Å². The van der Waals surface area contributed by atoms with Crippen molar-refractivity contribution >= 4 is 17.6 Å². The summed E-state index contributed by atoms with van der Waals surface area (Å²) < 4.78 is 1.38. The first kappa shape index (κ1) is 11.4. The summed E-state index contributed by atoms with van der Waals surface area (Å²) in [5.41, 5.74) is 5.74. The summed E-state index contributed by atoms with van der Waals surface area (Å²) in [6, 6.07) is 1.65. The Labute approximate surface area is 101 Å². The standard InChI is InChI=1S/C9H10N6OS/c1-15-8(16)13-14-9(15)17-6-4-12-3-2-5(6)7(10)11/h2-4H,1H3,(H3,10,11)(H,13,16). The summed E-state index contributed by atoms with van der Waals surface area (Å²) in [7, 11) is 1.61. The molecule has 0 radical (unpaired) electrons. The molecule has 0 saturated heterocycles. The lowest BCUT2D eigenvalue weighted by atomic mass is 10.2. The van der Waals surface area contributed by atoms with Gasteiger partial charge in [0.25, 0.3) is 0 Å². The maximum atomic E-state index is 11.2. The van der Waals surface area contributed by atoms with Crippen LogP contribution in [0.25, 0.3) is 0 Å². The molecule has 17 heavy (non-hydrogen) atoms. The fourth-order valence-corrected chi connectivity index (χ4v) is 2.12. The van der Waals surface area contributed by atoms with Crippen LogP contribution in [0, 0.1) is 5.41 Å². The quantitative estimate of drug-likeness (QED) is 0.521. The van der Waals surface area contributed by atoms with Crippen LogP contribution in [0.1, 0.15) is 5.56 Å². The second-order valence-electron chi connectivity index (χ2n) is 3.26. The van der Waals surface area contributed by atoms with Gasteiger partial charge in [0, 0.05) is 29.9 Å². The minimum atomic E-state index is -0.291. The number of nitrogens with one attached hydrogen (secondary N) is 2. The topological polar surface area (TPSA) is 113 Å². The summed E-state index contributed by atoms with van der Waals surface area (Å²) in [4.78, 5) is 15.8. The number of H-pyrrole nitrogens is 1. The highest BCUT2D eigenvalue weighted by Crippen LogP contribution is 2.26. The predicted molar refractivity (Wildman–Crippen MR) is 63.2 cm³/mol. The van der Waals surface area contributed by atoms with E-state index in [0.29, 0.717) is 15.6 Å². The molecule has 0 aliphatic rings. The molecular weight excluding hydrogens is 240 g/mol. The Hall–Kier alpha value is -2.09. The van der Waals surface area contributed by atoms with E-state index >= 15 is 0 Å². The van der Waals surface area contributed by atoms with Crippen LogP contribution in [0.15, 0.2) is 33.3 Å². The molecular formula is C9H10N6OS. The number of pyridine rings is 1. The van der Waals surface area contributed by atoms with Crippen molar-refractivity contribution in [1.82, 2.24) is 19.7 Å². The van der Waals surface area contributed by atoms with Crippen LogP contribution in [-0.4, -0.2) is 25.6 Å². The molecule has 0 atom stereocenters. The SMILES string of the molecule is Cn1c(Sc2cnccc2C(=N)N)n[nH]c1=O. The molecule has 7 nitrogen and oxygen atoms in total. The van der Waals surface area contributed by atoms with Crippen molar-refractivity contribution in [1.29, 1.82) is 5.41 Å². The van der Waals surface area contributed by atoms with Crippen molar-refractivity contribution in [2.45, 2.75) is 10.1 Å². The molecule has 4 N–H and O–H groups in total. The molecule has 0 amide bonds. The summed E-state index contributed by atoms with van der Waals surface area (Å²) >= 11 is 1.23. The van der Waals surface area contributed by atoms with E-state index in [2.05, 4.69) is 15.2 Å². The minimum absolute atomic E-state index is 0.0459. The van der Waals surface area contributed by atoms with Gasteiger partial charge in [0.1, 0.15) is 5.84 Å². The number of nitrogens with zero attached hydrogens (tertiary/aromatic N) is 3. The average molecular weight is 250 g/mol. The second-order valence-corrected chi connectivity index (χ2v) is 4.27. The first-order valence-corrected chi connectivity index (χ1v) is 5.49. The van der Waals surface area contributed by atoms with Crippen LogP contribution in [0.5, 0.6) is 0 Å².